The van der Waals surface area contributed by atoms with Crippen molar-refractivity contribution in [1.29, 1.82) is 0 Å². The van der Waals surface area contributed by atoms with E-state index >= 15 is 0 Å². The molecule has 1 heterocycles. The fourth-order valence-electron chi connectivity index (χ4n) is 5.16. The van der Waals surface area contributed by atoms with Gasteiger partial charge >= 0.3 is 12.1 Å². The highest BCUT2D eigenvalue weighted by Gasteiger charge is 2.62. The predicted molar refractivity (Wildman–Crippen MR) is 105 cm³/mol. The van der Waals surface area contributed by atoms with Gasteiger partial charge in [-0.05, 0) is 56.2 Å². The third-order valence-corrected chi connectivity index (χ3v) is 6.93. The first-order valence-electron chi connectivity index (χ1n) is 10.2. The summed E-state index contributed by atoms with van der Waals surface area (Å²) in [5.74, 6) is -3.07. The first-order valence-corrected chi connectivity index (χ1v) is 10.6. The number of likely N-dealkylation sites (tertiary alicyclic amines) is 1. The molecular weight excluding hydrogens is 453 g/mol. The van der Waals surface area contributed by atoms with Crippen LogP contribution in [0.4, 0.5) is 18.9 Å². The molecular formula is C21H20ClF3N2O5. The van der Waals surface area contributed by atoms with Gasteiger partial charge in [0.05, 0.1) is 28.1 Å². The molecule has 1 aromatic carbocycles. The molecule has 3 amide bonds. The molecule has 0 aromatic heterocycles. The number of amides is 3. The van der Waals surface area contributed by atoms with Crippen molar-refractivity contribution in [1.82, 2.24) is 4.90 Å². The van der Waals surface area contributed by atoms with Gasteiger partial charge in [0, 0.05) is 0 Å². The molecule has 1 N–H and O–H groups in total. The van der Waals surface area contributed by atoms with Crippen LogP contribution in [-0.2, 0) is 30.1 Å². The minimum absolute atomic E-state index is 0.125. The molecule has 3 fully saturated rings. The molecule has 1 aliphatic heterocycles. The zero-order chi connectivity index (χ0) is 23.4. The number of benzene rings is 1. The SMILES string of the molecule is C[C@@H](C(=O)OCC(=O)Nc1cc(C(F)(F)F)ccc1Cl)N1C(=O)[C@@H]2[C@H]3CC[C@@H](C3)[C@@H]2C1=O. The first kappa shape index (κ1) is 22.6. The lowest BCUT2D eigenvalue weighted by molar-refractivity contribution is -0.159. The van der Waals surface area contributed by atoms with E-state index in [0.717, 1.165) is 36.3 Å². The number of ether oxygens (including phenoxy) is 1. The summed E-state index contributed by atoms with van der Waals surface area (Å²) in [5, 5.41) is 2.04. The third-order valence-electron chi connectivity index (χ3n) is 6.60. The fourth-order valence-corrected chi connectivity index (χ4v) is 5.32. The van der Waals surface area contributed by atoms with Gasteiger partial charge in [-0.25, -0.2) is 4.79 Å². The van der Waals surface area contributed by atoms with Crippen LogP contribution in [0, 0.1) is 23.7 Å². The van der Waals surface area contributed by atoms with Crippen LogP contribution in [0.5, 0.6) is 0 Å². The highest BCUT2D eigenvalue weighted by Crippen LogP contribution is 2.56. The van der Waals surface area contributed by atoms with E-state index in [-0.39, 0.29) is 46.2 Å². The second kappa shape index (κ2) is 8.06. The van der Waals surface area contributed by atoms with Crippen molar-refractivity contribution in [2.75, 3.05) is 11.9 Å². The number of fused-ring (bicyclic) bond motifs is 5. The Kier molecular flexibility index (Phi) is 5.68. The number of halogens is 4. The molecule has 1 aromatic rings. The highest BCUT2D eigenvalue weighted by atomic mass is 35.5. The summed E-state index contributed by atoms with van der Waals surface area (Å²) in [6.45, 7) is 0.534. The molecule has 0 unspecified atom stereocenters. The van der Waals surface area contributed by atoms with Crippen molar-refractivity contribution in [3.63, 3.8) is 0 Å². The van der Waals surface area contributed by atoms with Gasteiger partial charge in [-0.3, -0.25) is 19.3 Å². The number of esters is 1. The Morgan fingerprint density at radius 2 is 1.78 bits per heavy atom. The van der Waals surface area contributed by atoms with Crippen molar-refractivity contribution in [2.24, 2.45) is 23.7 Å². The summed E-state index contributed by atoms with van der Waals surface area (Å²) >= 11 is 5.83. The lowest BCUT2D eigenvalue weighted by Gasteiger charge is -2.23. The number of nitrogens with zero attached hydrogens (tertiary/aromatic N) is 1. The minimum atomic E-state index is -4.63. The molecule has 4 rings (SSSR count). The van der Waals surface area contributed by atoms with Gasteiger partial charge in [0.1, 0.15) is 6.04 Å². The Hall–Kier alpha value is -2.62. The summed E-state index contributed by atoms with van der Waals surface area (Å²) < 4.78 is 43.4. The summed E-state index contributed by atoms with van der Waals surface area (Å²) in [7, 11) is 0. The van der Waals surface area contributed by atoms with E-state index < -0.39 is 36.3 Å². The number of rotatable bonds is 5. The van der Waals surface area contributed by atoms with Crippen LogP contribution in [0.2, 0.25) is 5.02 Å². The van der Waals surface area contributed by atoms with Crippen molar-refractivity contribution < 1.29 is 37.1 Å². The standard InChI is InChI=1S/C21H20ClF3N2O5/c1-9(27-18(29)16-10-2-3-11(6-10)17(16)19(27)30)20(31)32-8-15(28)26-14-7-12(21(23,24)25)4-5-13(14)22/h4-5,7,9-11,16-17H,2-3,6,8H2,1H3,(H,26,28)/t9-,10-,11-,16-,17+/m0/s1. The number of anilines is 1. The third kappa shape index (κ3) is 3.85. The number of alkyl halides is 3. The van der Waals surface area contributed by atoms with E-state index in [4.69, 9.17) is 16.3 Å². The van der Waals surface area contributed by atoms with Crippen LogP contribution in [0.25, 0.3) is 0 Å². The summed E-state index contributed by atoms with van der Waals surface area (Å²) in [4.78, 5) is 51.0. The van der Waals surface area contributed by atoms with E-state index in [1.54, 1.807) is 0 Å². The zero-order valence-electron chi connectivity index (χ0n) is 16.9. The Balaban J connectivity index is 1.35. The van der Waals surface area contributed by atoms with Crippen LogP contribution in [0.1, 0.15) is 31.7 Å². The Bertz CT molecular complexity index is 970. The maximum absolute atomic E-state index is 12.8. The normalized spacial score (nSPS) is 27.5. The van der Waals surface area contributed by atoms with Crippen molar-refractivity contribution in [3.8, 4) is 0 Å². The number of nitrogens with one attached hydrogen (secondary N) is 1. The number of imide groups is 1. The van der Waals surface area contributed by atoms with Crippen molar-refractivity contribution in [2.45, 2.75) is 38.4 Å². The maximum atomic E-state index is 12.8. The van der Waals surface area contributed by atoms with Crippen LogP contribution < -0.4 is 5.32 Å². The predicted octanol–water partition coefficient (Wildman–Crippen LogP) is 3.26. The lowest BCUT2D eigenvalue weighted by atomic mass is 9.81. The van der Waals surface area contributed by atoms with E-state index in [1.165, 1.54) is 6.92 Å². The smallest absolute Gasteiger partial charge is 0.416 e. The molecule has 1 saturated heterocycles. The van der Waals surface area contributed by atoms with E-state index in [2.05, 4.69) is 5.32 Å². The highest BCUT2D eigenvalue weighted by molar-refractivity contribution is 6.33. The number of carbonyl (C=O) groups excluding carboxylic acids is 4. The number of carbonyl (C=O) groups is 4. The molecule has 172 valence electrons. The minimum Gasteiger partial charge on any atom is -0.454 e. The summed E-state index contributed by atoms with van der Waals surface area (Å²) in [6, 6.07) is 1.22. The summed E-state index contributed by atoms with van der Waals surface area (Å²) in [5.41, 5.74) is -1.29. The zero-order valence-corrected chi connectivity index (χ0v) is 17.7. The average molecular weight is 473 g/mol. The second-order valence-corrected chi connectivity index (χ2v) is 8.86. The quantitative estimate of drug-likeness (QED) is 0.524. The first-order chi connectivity index (χ1) is 15.0. The van der Waals surface area contributed by atoms with Crippen molar-refractivity contribution in [3.05, 3.63) is 28.8 Å². The molecule has 3 aliphatic rings. The second-order valence-electron chi connectivity index (χ2n) is 8.46. The van der Waals surface area contributed by atoms with Gasteiger partial charge in [0.25, 0.3) is 5.91 Å². The molecule has 11 heteroatoms. The van der Waals surface area contributed by atoms with Crippen LogP contribution >= 0.6 is 11.6 Å². The molecule has 0 spiro atoms. The van der Waals surface area contributed by atoms with Gasteiger partial charge in [-0.1, -0.05) is 11.6 Å². The van der Waals surface area contributed by atoms with Crippen LogP contribution in [-0.4, -0.2) is 41.2 Å². The van der Waals surface area contributed by atoms with Gasteiger partial charge < -0.3 is 10.1 Å². The van der Waals surface area contributed by atoms with Gasteiger partial charge in [0.15, 0.2) is 6.61 Å². The largest absolute Gasteiger partial charge is 0.454 e. The van der Waals surface area contributed by atoms with E-state index in [9.17, 15) is 32.3 Å². The molecule has 7 nitrogen and oxygen atoms in total. The van der Waals surface area contributed by atoms with E-state index in [1.807, 2.05) is 0 Å². The Labute approximate surface area is 186 Å². The van der Waals surface area contributed by atoms with Crippen LogP contribution in [0.15, 0.2) is 18.2 Å². The molecule has 2 bridgehead atoms. The summed E-state index contributed by atoms with van der Waals surface area (Å²) in [6.07, 6.45) is -1.97. The fraction of sp³-hybridized carbons (Fsp3) is 0.524. The van der Waals surface area contributed by atoms with Gasteiger partial charge in [-0.2, -0.15) is 13.2 Å². The Morgan fingerprint density at radius 3 is 2.34 bits per heavy atom. The van der Waals surface area contributed by atoms with E-state index in [0.29, 0.717) is 6.07 Å². The lowest BCUT2D eigenvalue weighted by Crippen LogP contribution is -2.45. The molecule has 2 aliphatic carbocycles. The van der Waals surface area contributed by atoms with Gasteiger partial charge in [0.2, 0.25) is 11.8 Å². The number of hydrogen-bond acceptors (Lipinski definition) is 5. The van der Waals surface area contributed by atoms with Gasteiger partial charge in [-0.15, -0.1) is 0 Å². The topological polar surface area (TPSA) is 92.8 Å². The monoisotopic (exact) mass is 472 g/mol. The molecule has 2 saturated carbocycles. The van der Waals surface area contributed by atoms with Crippen LogP contribution in [0.3, 0.4) is 0 Å². The average Bonchev–Trinajstić information content (AvgIpc) is 3.40. The molecule has 32 heavy (non-hydrogen) atoms. The molecule has 0 radical (unpaired) electrons. The van der Waals surface area contributed by atoms with Crippen molar-refractivity contribution >= 4 is 41.0 Å². The maximum Gasteiger partial charge on any atom is 0.416 e. The number of hydrogen-bond donors (Lipinski definition) is 1. The molecule has 5 atom stereocenters. The Morgan fingerprint density at radius 1 is 1.19 bits per heavy atom.